The summed E-state index contributed by atoms with van der Waals surface area (Å²) >= 11 is 0. The summed E-state index contributed by atoms with van der Waals surface area (Å²) in [4.78, 5) is 7.38. The van der Waals surface area contributed by atoms with Crippen molar-refractivity contribution in [1.82, 2.24) is 9.97 Å². The van der Waals surface area contributed by atoms with Crippen molar-refractivity contribution in [3.8, 4) is 0 Å². The van der Waals surface area contributed by atoms with E-state index in [1.54, 1.807) is 0 Å². The molecule has 0 radical (unpaired) electrons. The van der Waals surface area contributed by atoms with Crippen LogP contribution in [-0.2, 0) is 0 Å². The maximum Gasteiger partial charge on any atom is 0.0776 e. The Morgan fingerprint density at radius 1 is 0.464 bits per heavy atom. The van der Waals surface area contributed by atoms with Gasteiger partial charge in [0.05, 0.1) is 16.1 Å². The predicted molar refractivity (Wildman–Crippen MR) is 131 cm³/mol. The fourth-order valence-corrected chi connectivity index (χ4v) is 6.56. The summed E-state index contributed by atoms with van der Waals surface area (Å²) in [5.74, 6) is 0. The van der Waals surface area contributed by atoms with E-state index in [0.717, 1.165) is 0 Å². The molecule has 2 heterocycles. The van der Waals surface area contributed by atoms with Gasteiger partial charge in [0.15, 0.2) is 0 Å². The van der Waals surface area contributed by atoms with Crippen molar-refractivity contribution in [2.24, 2.45) is 0 Å². The summed E-state index contributed by atoms with van der Waals surface area (Å²) in [7, 11) is -2.63. The molecule has 5 rings (SSSR count). The van der Waals surface area contributed by atoms with E-state index in [4.69, 9.17) is 0 Å². The second-order valence-corrected chi connectivity index (χ2v) is 20.4. The monoisotopic (exact) mass is 400 g/mol. The van der Waals surface area contributed by atoms with Crippen molar-refractivity contribution in [2.45, 2.75) is 39.3 Å². The highest BCUT2D eigenvalue weighted by molar-refractivity contribution is 6.89. The molecule has 0 saturated heterocycles. The zero-order chi connectivity index (χ0) is 19.8. The normalized spacial score (nSPS) is 13.4. The van der Waals surface area contributed by atoms with E-state index in [0.29, 0.717) is 0 Å². The number of rotatable bonds is 2. The maximum absolute atomic E-state index is 3.69. The van der Waals surface area contributed by atoms with Gasteiger partial charge in [0, 0.05) is 43.6 Å². The van der Waals surface area contributed by atoms with Gasteiger partial charge in [0.2, 0.25) is 0 Å². The number of hydrogen-bond donors (Lipinski definition) is 2. The van der Waals surface area contributed by atoms with E-state index in [1.807, 2.05) is 0 Å². The van der Waals surface area contributed by atoms with Crippen LogP contribution in [0.4, 0.5) is 0 Å². The molecule has 0 unspecified atom stereocenters. The molecule has 0 aliphatic heterocycles. The van der Waals surface area contributed by atoms with Crippen molar-refractivity contribution >= 4 is 70.1 Å². The van der Waals surface area contributed by atoms with Crippen molar-refractivity contribution in [3.05, 3.63) is 48.5 Å². The van der Waals surface area contributed by atoms with E-state index in [1.165, 1.54) is 54.0 Å². The summed E-state index contributed by atoms with van der Waals surface area (Å²) in [5, 5.41) is 8.26. The Morgan fingerprint density at radius 3 is 1.18 bits per heavy atom. The molecule has 2 nitrogen and oxygen atoms in total. The lowest BCUT2D eigenvalue weighted by Crippen LogP contribution is -2.37. The van der Waals surface area contributed by atoms with Crippen molar-refractivity contribution in [2.75, 3.05) is 0 Å². The lowest BCUT2D eigenvalue weighted by Gasteiger charge is -2.16. The number of aromatic nitrogens is 2. The zero-order valence-corrected chi connectivity index (χ0v) is 19.6. The Morgan fingerprint density at radius 2 is 0.821 bits per heavy atom. The third-order valence-electron chi connectivity index (χ3n) is 6.05. The molecule has 2 N–H and O–H groups in total. The predicted octanol–water partition coefficient (Wildman–Crippen LogP) is 6.05. The number of fused-ring (bicyclic) bond motifs is 6. The highest BCUT2D eigenvalue weighted by Gasteiger charge is 2.19. The third kappa shape index (κ3) is 2.66. The molecule has 28 heavy (non-hydrogen) atoms. The fourth-order valence-electron chi connectivity index (χ4n) is 4.24. The van der Waals surface area contributed by atoms with Gasteiger partial charge in [0.25, 0.3) is 0 Å². The first-order chi connectivity index (χ1) is 13.1. The van der Waals surface area contributed by atoms with Gasteiger partial charge in [-0.25, -0.2) is 0 Å². The number of nitrogens with one attached hydrogen (secondary N) is 2. The molecule has 5 aromatic rings. The number of benzene rings is 3. The van der Waals surface area contributed by atoms with E-state index >= 15 is 0 Å². The minimum atomic E-state index is -1.31. The third-order valence-corrected chi connectivity index (χ3v) is 10.1. The molecule has 142 valence electrons. The second-order valence-electron chi connectivity index (χ2n) is 10.2. The van der Waals surface area contributed by atoms with Crippen LogP contribution in [0.25, 0.3) is 43.6 Å². The first-order valence-electron chi connectivity index (χ1n) is 10.1. The minimum Gasteiger partial charge on any atom is -0.354 e. The van der Waals surface area contributed by atoms with Crippen LogP contribution in [0.15, 0.2) is 48.5 Å². The lowest BCUT2D eigenvalue weighted by molar-refractivity contribution is 1.54. The highest BCUT2D eigenvalue weighted by atomic mass is 28.3. The van der Waals surface area contributed by atoms with E-state index in [9.17, 15) is 0 Å². The molecule has 0 bridgehead atoms. The Kier molecular flexibility index (Phi) is 3.56. The van der Waals surface area contributed by atoms with E-state index < -0.39 is 16.1 Å². The van der Waals surface area contributed by atoms with Gasteiger partial charge < -0.3 is 9.97 Å². The smallest absolute Gasteiger partial charge is 0.0776 e. The Hall–Kier alpha value is -2.31. The number of hydrogen-bond acceptors (Lipinski definition) is 0. The highest BCUT2D eigenvalue weighted by Crippen LogP contribution is 2.33. The summed E-state index contributed by atoms with van der Waals surface area (Å²) in [5.41, 5.74) is 4.97. The van der Waals surface area contributed by atoms with Crippen LogP contribution in [0.2, 0.25) is 39.3 Å². The van der Waals surface area contributed by atoms with Crippen molar-refractivity contribution < 1.29 is 0 Å². The molecule has 2 aromatic heterocycles. The summed E-state index contributed by atoms with van der Waals surface area (Å²) in [6.45, 7) is 14.4. The molecule has 0 aliphatic rings. The average molecular weight is 401 g/mol. The zero-order valence-electron chi connectivity index (χ0n) is 17.6. The first kappa shape index (κ1) is 17.8. The van der Waals surface area contributed by atoms with Gasteiger partial charge in [-0.2, -0.15) is 0 Å². The molecular formula is C24H28N2Si2. The number of aromatic amines is 2. The molecule has 0 saturated carbocycles. The van der Waals surface area contributed by atoms with Gasteiger partial charge in [-0.3, -0.25) is 0 Å². The molecule has 0 atom stereocenters. The van der Waals surface area contributed by atoms with Gasteiger partial charge in [-0.15, -0.1) is 0 Å². The van der Waals surface area contributed by atoms with Crippen molar-refractivity contribution in [1.29, 1.82) is 0 Å². The van der Waals surface area contributed by atoms with E-state index in [2.05, 4.69) is 97.8 Å². The second kappa shape index (κ2) is 5.61. The SMILES string of the molecule is C[Si](C)(C)c1ccc2c(c1)[nH]c1cc3c(cc12)[nH]c1cc([Si](C)(C)C)ccc13. The Labute approximate surface area is 168 Å². The average Bonchev–Trinajstić information content (AvgIpc) is 3.14. The quantitative estimate of drug-likeness (QED) is 0.338. The first-order valence-corrected chi connectivity index (χ1v) is 17.1. The fraction of sp³-hybridized carbons (Fsp3) is 0.250. The van der Waals surface area contributed by atoms with Gasteiger partial charge in [-0.1, -0.05) is 73.9 Å². The largest absolute Gasteiger partial charge is 0.354 e. The summed E-state index contributed by atoms with van der Waals surface area (Å²) in [6, 6.07) is 18.7. The molecule has 3 aromatic carbocycles. The van der Waals surface area contributed by atoms with Crippen LogP contribution in [0.5, 0.6) is 0 Å². The molecule has 0 amide bonds. The van der Waals surface area contributed by atoms with Gasteiger partial charge in [-0.05, 0) is 24.3 Å². The topological polar surface area (TPSA) is 31.6 Å². The van der Waals surface area contributed by atoms with Crippen LogP contribution in [0.3, 0.4) is 0 Å². The lowest BCUT2D eigenvalue weighted by atomic mass is 10.1. The Bertz CT molecular complexity index is 1270. The molecule has 0 fully saturated rings. The summed E-state index contributed by atoms with van der Waals surface area (Å²) < 4.78 is 0. The molecule has 0 aliphatic carbocycles. The van der Waals surface area contributed by atoms with E-state index in [-0.39, 0.29) is 0 Å². The van der Waals surface area contributed by atoms with Gasteiger partial charge >= 0.3 is 0 Å². The van der Waals surface area contributed by atoms with Gasteiger partial charge in [0.1, 0.15) is 0 Å². The van der Waals surface area contributed by atoms with Crippen LogP contribution >= 0.6 is 0 Å². The van der Waals surface area contributed by atoms with Crippen LogP contribution in [0.1, 0.15) is 0 Å². The molecular weight excluding hydrogens is 372 g/mol. The van der Waals surface area contributed by atoms with Crippen molar-refractivity contribution in [3.63, 3.8) is 0 Å². The minimum absolute atomic E-state index is 1.23. The van der Waals surface area contributed by atoms with Crippen LogP contribution in [-0.4, -0.2) is 26.1 Å². The Balaban J connectivity index is 1.77. The standard InChI is InChI=1S/C24H28N2Si2/c1-27(2,3)15-7-9-17-19-13-24-20(14-23(19)25-21(17)11-15)18-10-8-16(28(4,5)6)12-22(18)26-24/h7-14,25-26H,1-6H3. The number of H-pyrrole nitrogens is 2. The maximum atomic E-state index is 3.69. The summed E-state index contributed by atoms with van der Waals surface area (Å²) in [6.07, 6.45) is 0. The van der Waals surface area contributed by atoms with Crippen LogP contribution < -0.4 is 10.4 Å². The molecule has 4 heteroatoms. The van der Waals surface area contributed by atoms with Crippen LogP contribution in [0, 0.1) is 0 Å². The molecule has 0 spiro atoms.